The van der Waals surface area contributed by atoms with Crippen LogP contribution in [0.15, 0.2) is 84.9 Å². The molecule has 0 aliphatic rings. The van der Waals surface area contributed by atoms with Crippen molar-refractivity contribution < 1.29 is 14.3 Å². The first-order valence-electron chi connectivity index (χ1n) is 9.22. The fraction of sp³-hybridized carbons (Fsp3) is 0.0870. The molecule has 1 heterocycles. The molecule has 6 nitrogen and oxygen atoms in total. The number of Topliss-reactive ketones (excluding diaryl/α,β-unsaturated/α-hetero) is 1. The van der Waals surface area contributed by atoms with Gasteiger partial charge in [-0.25, -0.2) is 9.78 Å². The van der Waals surface area contributed by atoms with E-state index in [0.29, 0.717) is 11.1 Å². The van der Waals surface area contributed by atoms with Gasteiger partial charge in [0.1, 0.15) is 12.6 Å². The minimum Gasteiger partial charge on any atom is -0.445 e. The number of rotatable bonds is 6. The Morgan fingerprint density at radius 1 is 0.897 bits per heavy atom. The van der Waals surface area contributed by atoms with E-state index in [-0.39, 0.29) is 18.2 Å². The van der Waals surface area contributed by atoms with E-state index < -0.39 is 12.1 Å². The number of hydrogen-bond acceptors (Lipinski definition) is 4. The number of para-hydroxylation sites is 2. The van der Waals surface area contributed by atoms with Gasteiger partial charge in [0.15, 0.2) is 5.82 Å². The number of benzene rings is 3. The van der Waals surface area contributed by atoms with Crippen molar-refractivity contribution in [3.63, 3.8) is 0 Å². The van der Waals surface area contributed by atoms with Crippen molar-refractivity contribution in [1.29, 1.82) is 0 Å². The molecule has 0 saturated heterocycles. The number of imidazole rings is 1. The second-order valence-electron chi connectivity index (χ2n) is 6.52. The summed E-state index contributed by atoms with van der Waals surface area (Å²) in [6.45, 7) is 0.118. The summed E-state index contributed by atoms with van der Waals surface area (Å²) in [6, 6.07) is 24.8. The number of carbonyl (C=O) groups is 2. The smallest absolute Gasteiger partial charge is 0.408 e. The summed E-state index contributed by atoms with van der Waals surface area (Å²) in [5.74, 6) is -0.160. The molecule has 0 saturated carbocycles. The Kier molecular flexibility index (Phi) is 5.33. The van der Waals surface area contributed by atoms with Gasteiger partial charge < -0.3 is 15.0 Å². The average Bonchev–Trinajstić information content (AvgIpc) is 3.21. The molecule has 144 valence electrons. The predicted octanol–water partition coefficient (Wildman–Crippen LogP) is 4.41. The van der Waals surface area contributed by atoms with E-state index >= 15 is 0 Å². The van der Waals surface area contributed by atoms with Gasteiger partial charge in [0.05, 0.1) is 11.0 Å². The van der Waals surface area contributed by atoms with Crippen LogP contribution < -0.4 is 5.32 Å². The molecule has 29 heavy (non-hydrogen) atoms. The number of aromatic amines is 1. The third-order valence-electron chi connectivity index (χ3n) is 4.49. The first-order chi connectivity index (χ1) is 14.2. The zero-order chi connectivity index (χ0) is 20.1. The Morgan fingerprint density at radius 3 is 2.28 bits per heavy atom. The van der Waals surface area contributed by atoms with Crippen LogP contribution >= 0.6 is 0 Å². The zero-order valence-corrected chi connectivity index (χ0v) is 15.5. The Hall–Kier alpha value is -3.93. The van der Waals surface area contributed by atoms with Crippen molar-refractivity contribution in [3.05, 3.63) is 102 Å². The van der Waals surface area contributed by atoms with E-state index in [0.717, 1.165) is 11.1 Å². The molecule has 0 fully saturated rings. The molecule has 1 amide bonds. The molecule has 0 bridgehead atoms. The van der Waals surface area contributed by atoms with Gasteiger partial charge in [0, 0.05) is 0 Å². The number of aromatic nitrogens is 2. The number of fused-ring (bicyclic) bond motifs is 1. The number of nitrogens with one attached hydrogen (secondary N) is 2. The van der Waals surface area contributed by atoms with Crippen molar-refractivity contribution in [3.8, 4) is 0 Å². The van der Waals surface area contributed by atoms with E-state index in [2.05, 4.69) is 15.3 Å². The van der Waals surface area contributed by atoms with E-state index in [9.17, 15) is 9.59 Å². The lowest BCUT2D eigenvalue weighted by Gasteiger charge is -2.17. The number of amides is 1. The Morgan fingerprint density at radius 2 is 1.55 bits per heavy atom. The standard InChI is InChI=1S/C23H19N3O3/c27-21(22-24-18-13-7-8-14-19(18)25-22)20(17-11-5-2-6-12-17)26-23(28)29-15-16-9-3-1-4-10-16/h1-14,20H,15H2,(H,24,25)(H,26,28). The summed E-state index contributed by atoms with van der Waals surface area (Å²) in [5.41, 5.74) is 2.96. The molecule has 6 heteroatoms. The van der Waals surface area contributed by atoms with Crippen molar-refractivity contribution in [2.45, 2.75) is 12.6 Å². The summed E-state index contributed by atoms with van der Waals surface area (Å²) in [4.78, 5) is 32.9. The van der Waals surface area contributed by atoms with Gasteiger partial charge in [-0.05, 0) is 23.3 Å². The van der Waals surface area contributed by atoms with Gasteiger partial charge in [-0.15, -0.1) is 0 Å². The third-order valence-corrected chi connectivity index (χ3v) is 4.49. The molecule has 0 aliphatic carbocycles. The lowest BCUT2D eigenvalue weighted by atomic mass is 10.0. The molecule has 0 aliphatic heterocycles. The quantitative estimate of drug-likeness (QED) is 0.482. The summed E-state index contributed by atoms with van der Waals surface area (Å²) >= 11 is 0. The van der Waals surface area contributed by atoms with Crippen LogP contribution in [0.5, 0.6) is 0 Å². The van der Waals surface area contributed by atoms with Crippen LogP contribution in [0.2, 0.25) is 0 Å². The van der Waals surface area contributed by atoms with Crippen LogP contribution in [0, 0.1) is 0 Å². The number of H-pyrrole nitrogens is 1. The van der Waals surface area contributed by atoms with Gasteiger partial charge in [-0.1, -0.05) is 72.8 Å². The number of nitrogens with zero attached hydrogens (tertiary/aromatic N) is 1. The van der Waals surface area contributed by atoms with Gasteiger partial charge in [-0.2, -0.15) is 0 Å². The number of ether oxygens (including phenoxy) is 1. The summed E-state index contributed by atoms with van der Waals surface area (Å²) < 4.78 is 5.29. The Balaban J connectivity index is 1.55. The second-order valence-corrected chi connectivity index (χ2v) is 6.52. The van der Waals surface area contributed by atoms with E-state index in [1.165, 1.54) is 0 Å². The first kappa shape index (κ1) is 18.4. The van der Waals surface area contributed by atoms with Gasteiger partial charge in [-0.3, -0.25) is 4.79 Å². The maximum atomic E-state index is 13.2. The second kappa shape index (κ2) is 8.39. The third kappa shape index (κ3) is 4.32. The van der Waals surface area contributed by atoms with E-state index in [1.807, 2.05) is 72.8 Å². The fourth-order valence-electron chi connectivity index (χ4n) is 3.03. The van der Waals surface area contributed by atoms with Crippen LogP contribution in [0.1, 0.15) is 27.8 Å². The number of hydrogen-bond donors (Lipinski definition) is 2. The lowest BCUT2D eigenvalue weighted by Crippen LogP contribution is -2.34. The summed E-state index contributed by atoms with van der Waals surface area (Å²) in [7, 11) is 0. The largest absolute Gasteiger partial charge is 0.445 e. The van der Waals surface area contributed by atoms with Gasteiger partial charge in [0.25, 0.3) is 0 Å². The van der Waals surface area contributed by atoms with Crippen molar-refractivity contribution in [2.24, 2.45) is 0 Å². The highest BCUT2D eigenvalue weighted by Crippen LogP contribution is 2.20. The van der Waals surface area contributed by atoms with E-state index in [1.54, 1.807) is 12.1 Å². The van der Waals surface area contributed by atoms with Crippen molar-refractivity contribution in [2.75, 3.05) is 0 Å². The molecular weight excluding hydrogens is 366 g/mol. The van der Waals surface area contributed by atoms with Crippen LogP contribution in [-0.4, -0.2) is 21.8 Å². The highest BCUT2D eigenvalue weighted by molar-refractivity contribution is 6.01. The molecular formula is C23H19N3O3. The summed E-state index contributed by atoms with van der Waals surface area (Å²) in [6.07, 6.45) is -0.674. The number of alkyl carbamates (subject to hydrolysis) is 1. The molecule has 3 aromatic carbocycles. The predicted molar refractivity (Wildman–Crippen MR) is 109 cm³/mol. The molecule has 0 spiro atoms. The first-order valence-corrected chi connectivity index (χ1v) is 9.22. The molecule has 1 unspecified atom stereocenters. The number of carbonyl (C=O) groups excluding carboxylic acids is 2. The maximum Gasteiger partial charge on any atom is 0.408 e. The maximum absolute atomic E-state index is 13.2. The average molecular weight is 385 g/mol. The molecule has 1 atom stereocenters. The lowest BCUT2D eigenvalue weighted by molar-refractivity contribution is 0.0908. The minimum atomic E-state index is -0.917. The normalized spacial score (nSPS) is 11.7. The molecule has 4 aromatic rings. The molecule has 0 radical (unpaired) electrons. The van der Waals surface area contributed by atoms with Crippen molar-refractivity contribution in [1.82, 2.24) is 15.3 Å². The highest BCUT2D eigenvalue weighted by atomic mass is 16.5. The Bertz CT molecular complexity index is 1090. The Labute approximate surface area is 167 Å². The molecule has 2 N–H and O–H groups in total. The van der Waals surface area contributed by atoms with Crippen molar-refractivity contribution >= 4 is 22.9 Å². The zero-order valence-electron chi connectivity index (χ0n) is 15.5. The summed E-state index contributed by atoms with van der Waals surface area (Å²) in [5, 5.41) is 2.68. The monoisotopic (exact) mass is 385 g/mol. The fourth-order valence-corrected chi connectivity index (χ4v) is 3.03. The molecule has 4 rings (SSSR count). The molecule has 1 aromatic heterocycles. The number of ketones is 1. The topological polar surface area (TPSA) is 84.1 Å². The van der Waals surface area contributed by atoms with Crippen LogP contribution in [0.25, 0.3) is 11.0 Å². The van der Waals surface area contributed by atoms with Crippen LogP contribution in [0.3, 0.4) is 0 Å². The van der Waals surface area contributed by atoms with Gasteiger partial charge in [0.2, 0.25) is 5.78 Å². The van der Waals surface area contributed by atoms with Gasteiger partial charge >= 0.3 is 6.09 Å². The van der Waals surface area contributed by atoms with Crippen LogP contribution in [-0.2, 0) is 11.3 Å². The van der Waals surface area contributed by atoms with E-state index in [4.69, 9.17) is 4.74 Å². The minimum absolute atomic E-state index is 0.118. The highest BCUT2D eigenvalue weighted by Gasteiger charge is 2.27. The SMILES string of the molecule is O=C(NC(C(=O)c1nc2ccccc2[nH]1)c1ccccc1)OCc1ccccc1. The van der Waals surface area contributed by atoms with Crippen LogP contribution in [0.4, 0.5) is 4.79 Å².